The van der Waals surface area contributed by atoms with Crippen LogP contribution in [0.5, 0.6) is 5.75 Å². The molecule has 1 aliphatic carbocycles. The van der Waals surface area contributed by atoms with Crippen molar-refractivity contribution in [3.63, 3.8) is 0 Å². The quantitative estimate of drug-likeness (QED) is 0.527. The van der Waals surface area contributed by atoms with Crippen LogP contribution in [0, 0.1) is 0 Å². The predicted octanol–water partition coefficient (Wildman–Crippen LogP) is 4.68. The average Bonchev–Trinajstić information content (AvgIpc) is 3.67. The lowest BCUT2D eigenvalue weighted by atomic mass is 10.1. The molecule has 2 aromatic carbocycles. The molecular formula is C24H25Cl2N5O2. The molecule has 7 nitrogen and oxygen atoms in total. The van der Waals surface area contributed by atoms with Gasteiger partial charge in [-0.05, 0) is 31.0 Å². The number of carbonyl (C=O) groups excluding carboxylic acids is 1. The Hall–Kier alpha value is -2.74. The second-order valence-electron chi connectivity index (χ2n) is 8.43. The van der Waals surface area contributed by atoms with Crippen LogP contribution in [0.3, 0.4) is 0 Å². The molecule has 1 amide bonds. The Balaban J connectivity index is 1.60. The average molecular weight is 486 g/mol. The number of fused-ring (bicyclic) bond motifs is 1. The molecule has 1 saturated carbocycles. The number of piperazine rings is 1. The molecule has 0 bridgehead atoms. The van der Waals surface area contributed by atoms with E-state index in [0.717, 1.165) is 49.0 Å². The van der Waals surface area contributed by atoms with Gasteiger partial charge < -0.3 is 20.7 Å². The number of nitrogens with two attached hydrogens (primary N) is 1. The van der Waals surface area contributed by atoms with Gasteiger partial charge in [0.25, 0.3) is 5.91 Å². The van der Waals surface area contributed by atoms with Gasteiger partial charge in [0.1, 0.15) is 5.75 Å². The van der Waals surface area contributed by atoms with Gasteiger partial charge in [-0.15, -0.1) is 0 Å². The van der Waals surface area contributed by atoms with E-state index in [-0.39, 0.29) is 5.56 Å². The maximum Gasteiger partial charge on any atom is 0.252 e. The fraction of sp³-hybridized carbons (Fsp3) is 0.333. The summed E-state index contributed by atoms with van der Waals surface area (Å²) < 4.78 is 5.72. The normalized spacial score (nSPS) is 16.8. The molecule has 0 unspecified atom stereocenters. The van der Waals surface area contributed by atoms with E-state index in [0.29, 0.717) is 26.9 Å². The van der Waals surface area contributed by atoms with Crippen molar-refractivity contribution in [2.24, 2.45) is 5.73 Å². The maximum absolute atomic E-state index is 12.3. The number of benzene rings is 2. The Morgan fingerprint density at radius 3 is 2.61 bits per heavy atom. The molecule has 0 spiro atoms. The SMILES string of the molecule is COc1cc2ncc(C(N)=O)c(Nc3cccc(Cl)c3Cl)c2cc1N1CCN(C2CC2)CC1. The number of methoxy groups -OCH3 is 1. The molecule has 3 N–H and O–H groups in total. The minimum Gasteiger partial charge on any atom is -0.495 e. The lowest BCUT2D eigenvalue weighted by Gasteiger charge is -2.37. The summed E-state index contributed by atoms with van der Waals surface area (Å²) in [6, 6.07) is 9.96. The van der Waals surface area contributed by atoms with Crippen LogP contribution in [0.25, 0.3) is 10.9 Å². The summed E-state index contributed by atoms with van der Waals surface area (Å²) in [6.45, 7) is 3.86. The highest BCUT2D eigenvalue weighted by Gasteiger charge is 2.32. The van der Waals surface area contributed by atoms with Gasteiger partial charge in [-0.3, -0.25) is 14.7 Å². The number of rotatable bonds is 6. The molecule has 1 saturated heterocycles. The van der Waals surface area contributed by atoms with Crippen molar-refractivity contribution < 1.29 is 9.53 Å². The number of ether oxygens (including phenoxy) is 1. The van der Waals surface area contributed by atoms with Crippen molar-refractivity contribution in [3.8, 4) is 5.75 Å². The second-order valence-corrected chi connectivity index (χ2v) is 9.22. The largest absolute Gasteiger partial charge is 0.495 e. The van der Waals surface area contributed by atoms with E-state index in [4.69, 9.17) is 33.7 Å². The van der Waals surface area contributed by atoms with Crippen LogP contribution in [0.15, 0.2) is 36.5 Å². The first-order valence-corrected chi connectivity index (χ1v) is 11.7. The molecular weight excluding hydrogens is 461 g/mol. The van der Waals surface area contributed by atoms with E-state index < -0.39 is 5.91 Å². The zero-order chi connectivity index (χ0) is 23.1. The number of amides is 1. The van der Waals surface area contributed by atoms with E-state index in [1.165, 1.54) is 19.0 Å². The van der Waals surface area contributed by atoms with Crippen LogP contribution in [0.2, 0.25) is 10.0 Å². The van der Waals surface area contributed by atoms with Gasteiger partial charge in [0.15, 0.2) is 0 Å². The first-order chi connectivity index (χ1) is 16.0. The van der Waals surface area contributed by atoms with Gasteiger partial charge in [0.05, 0.1) is 45.3 Å². The molecule has 2 fully saturated rings. The van der Waals surface area contributed by atoms with E-state index >= 15 is 0 Å². The highest BCUT2D eigenvalue weighted by Crippen LogP contribution is 2.40. The first-order valence-electron chi connectivity index (χ1n) is 11.0. The Kier molecular flexibility index (Phi) is 5.95. The number of carbonyl (C=O) groups is 1. The van der Waals surface area contributed by atoms with E-state index in [9.17, 15) is 4.79 Å². The van der Waals surface area contributed by atoms with Gasteiger partial charge in [-0.1, -0.05) is 29.3 Å². The fourth-order valence-corrected chi connectivity index (χ4v) is 4.79. The van der Waals surface area contributed by atoms with Crippen molar-refractivity contribution in [1.29, 1.82) is 0 Å². The minimum atomic E-state index is -0.583. The van der Waals surface area contributed by atoms with Crippen molar-refractivity contribution in [2.75, 3.05) is 43.5 Å². The monoisotopic (exact) mass is 485 g/mol. The topological polar surface area (TPSA) is 83.7 Å². The lowest BCUT2D eigenvalue weighted by molar-refractivity contribution is 0.100. The Bertz CT molecular complexity index is 1220. The molecule has 1 aromatic heterocycles. The van der Waals surface area contributed by atoms with Gasteiger partial charge >= 0.3 is 0 Å². The maximum atomic E-state index is 12.3. The number of primary amides is 1. The van der Waals surface area contributed by atoms with Crippen molar-refractivity contribution in [3.05, 3.63) is 52.1 Å². The number of aromatic nitrogens is 1. The van der Waals surface area contributed by atoms with Crippen LogP contribution < -0.4 is 20.7 Å². The number of nitrogens with zero attached hydrogens (tertiary/aromatic N) is 3. The van der Waals surface area contributed by atoms with E-state index in [1.807, 2.05) is 12.1 Å². The Morgan fingerprint density at radius 1 is 1.18 bits per heavy atom. The zero-order valence-corrected chi connectivity index (χ0v) is 19.8. The number of hydrogen-bond acceptors (Lipinski definition) is 6. The van der Waals surface area contributed by atoms with Crippen LogP contribution in [0.1, 0.15) is 23.2 Å². The number of anilines is 3. The number of nitrogens with one attached hydrogen (secondary N) is 1. The molecule has 172 valence electrons. The summed E-state index contributed by atoms with van der Waals surface area (Å²) in [7, 11) is 1.66. The lowest BCUT2D eigenvalue weighted by Crippen LogP contribution is -2.47. The number of halogens is 2. The fourth-order valence-electron chi connectivity index (χ4n) is 4.44. The highest BCUT2D eigenvalue weighted by molar-refractivity contribution is 6.43. The van der Waals surface area contributed by atoms with E-state index in [1.54, 1.807) is 25.3 Å². The van der Waals surface area contributed by atoms with Gasteiger partial charge in [0.2, 0.25) is 0 Å². The number of pyridine rings is 1. The van der Waals surface area contributed by atoms with Gasteiger partial charge in [-0.25, -0.2) is 0 Å². The molecule has 9 heteroatoms. The summed E-state index contributed by atoms with van der Waals surface area (Å²) in [6.07, 6.45) is 4.09. The Labute approximate surface area is 202 Å². The van der Waals surface area contributed by atoms with Gasteiger partial charge in [0, 0.05) is 49.9 Å². The zero-order valence-electron chi connectivity index (χ0n) is 18.3. The molecule has 0 atom stereocenters. The summed E-state index contributed by atoms with van der Waals surface area (Å²) in [5.41, 5.74) is 8.72. The Morgan fingerprint density at radius 2 is 1.94 bits per heavy atom. The summed E-state index contributed by atoms with van der Waals surface area (Å²) in [5, 5.41) is 4.81. The molecule has 33 heavy (non-hydrogen) atoms. The second kappa shape index (κ2) is 8.89. The van der Waals surface area contributed by atoms with Crippen LogP contribution >= 0.6 is 23.2 Å². The van der Waals surface area contributed by atoms with Crippen molar-refractivity contribution >= 4 is 57.1 Å². The smallest absolute Gasteiger partial charge is 0.252 e. The molecule has 2 aliphatic rings. The summed E-state index contributed by atoms with van der Waals surface area (Å²) in [4.78, 5) is 21.6. The summed E-state index contributed by atoms with van der Waals surface area (Å²) >= 11 is 12.6. The highest BCUT2D eigenvalue weighted by atomic mass is 35.5. The first kappa shape index (κ1) is 22.1. The number of hydrogen-bond donors (Lipinski definition) is 2. The standard InChI is InChI=1S/C24H25Cl2N5O2/c1-33-21-12-19-15(11-20(21)31-9-7-30(8-10-31)14-5-6-14)23(16(13-28-19)24(27)32)29-18-4-2-3-17(25)22(18)26/h2-4,11-14H,5-10H2,1H3,(H2,27,32)(H,28,29). The van der Waals surface area contributed by atoms with Crippen molar-refractivity contribution in [1.82, 2.24) is 9.88 Å². The predicted molar refractivity (Wildman–Crippen MR) is 133 cm³/mol. The molecule has 0 radical (unpaired) electrons. The van der Waals surface area contributed by atoms with Crippen LogP contribution in [0.4, 0.5) is 17.1 Å². The third-order valence-corrected chi connectivity index (χ3v) is 7.18. The third-order valence-electron chi connectivity index (χ3n) is 6.36. The van der Waals surface area contributed by atoms with Crippen LogP contribution in [-0.2, 0) is 0 Å². The molecule has 5 rings (SSSR count). The van der Waals surface area contributed by atoms with E-state index in [2.05, 4.69) is 20.1 Å². The molecule has 1 aliphatic heterocycles. The molecule has 2 heterocycles. The summed E-state index contributed by atoms with van der Waals surface area (Å²) in [5.74, 6) is 0.161. The minimum absolute atomic E-state index is 0.271. The third kappa shape index (κ3) is 4.28. The van der Waals surface area contributed by atoms with Crippen molar-refractivity contribution in [2.45, 2.75) is 18.9 Å². The molecule has 3 aromatic rings. The van der Waals surface area contributed by atoms with Gasteiger partial charge in [-0.2, -0.15) is 0 Å². The van der Waals surface area contributed by atoms with Crippen LogP contribution in [-0.4, -0.2) is 55.1 Å².